The number of nitrogens with one attached hydrogen (secondary N) is 1. The van der Waals surface area contributed by atoms with Crippen LogP contribution in [0.15, 0.2) is 12.4 Å². The van der Waals surface area contributed by atoms with E-state index in [1.54, 1.807) is 22.0 Å². The molecule has 21 heteroatoms. The van der Waals surface area contributed by atoms with Crippen molar-refractivity contribution in [3.63, 3.8) is 0 Å². The van der Waals surface area contributed by atoms with E-state index in [9.17, 15) is 14.7 Å². The highest BCUT2D eigenvalue weighted by molar-refractivity contribution is 5.81. The third-order valence-electron chi connectivity index (χ3n) is 9.21. The molecule has 2 aliphatic rings. The van der Waals surface area contributed by atoms with Gasteiger partial charge in [-0.2, -0.15) is 15.0 Å². The highest BCUT2D eigenvalue weighted by Crippen LogP contribution is 2.24. The molecular weight excluding hydrogens is 728 g/mol. The van der Waals surface area contributed by atoms with Crippen molar-refractivity contribution in [2.45, 2.75) is 39.3 Å². The van der Waals surface area contributed by atoms with Gasteiger partial charge in [0, 0.05) is 97.4 Å². The van der Waals surface area contributed by atoms with Crippen molar-refractivity contribution < 1.29 is 34.0 Å². The fraction of sp³-hybridized carbons (Fsp3) is 0.686. The summed E-state index contributed by atoms with van der Waals surface area (Å²) in [4.78, 5) is 48.9. The molecule has 5 rings (SSSR count). The number of aliphatic hydroxyl groups is 2. The summed E-state index contributed by atoms with van der Waals surface area (Å²) in [5.74, 6) is 3.63. The second-order valence-corrected chi connectivity index (χ2v) is 13.6. The second-order valence-electron chi connectivity index (χ2n) is 13.6. The van der Waals surface area contributed by atoms with Gasteiger partial charge in [-0.3, -0.25) is 9.59 Å². The number of aliphatic hydroxyl groups excluding tert-OH is 2. The zero-order valence-electron chi connectivity index (χ0n) is 32.3. The summed E-state index contributed by atoms with van der Waals surface area (Å²) >= 11 is 0. The molecule has 56 heavy (non-hydrogen) atoms. The molecule has 21 nitrogen and oxygen atoms in total. The smallest absolute Gasteiger partial charge is 0.247 e. The van der Waals surface area contributed by atoms with Crippen LogP contribution in [-0.4, -0.2) is 189 Å². The molecule has 2 aliphatic heterocycles. The Morgan fingerprint density at radius 3 is 1.96 bits per heavy atom. The number of anilines is 3. The minimum absolute atomic E-state index is 0.0256. The van der Waals surface area contributed by atoms with E-state index in [1.165, 1.54) is 4.68 Å². The quantitative estimate of drug-likeness (QED) is 0.0748. The summed E-state index contributed by atoms with van der Waals surface area (Å²) in [6, 6.07) is -0.520. The van der Waals surface area contributed by atoms with Crippen molar-refractivity contribution in [1.82, 2.24) is 54.7 Å². The van der Waals surface area contributed by atoms with Crippen LogP contribution >= 0.6 is 0 Å². The fourth-order valence-electron chi connectivity index (χ4n) is 6.26. The van der Waals surface area contributed by atoms with Gasteiger partial charge in [-0.25, -0.2) is 9.36 Å². The van der Waals surface area contributed by atoms with Crippen LogP contribution in [0.25, 0.3) is 0 Å². The lowest BCUT2D eigenvalue weighted by molar-refractivity contribution is -0.137. The zero-order chi connectivity index (χ0) is 39.7. The van der Waals surface area contributed by atoms with Crippen molar-refractivity contribution >= 4 is 29.7 Å². The predicted molar refractivity (Wildman–Crippen MR) is 203 cm³/mol. The van der Waals surface area contributed by atoms with Gasteiger partial charge in [0.15, 0.2) is 0 Å². The molecule has 0 spiro atoms. The van der Waals surface area contributed by atoms with E-state index < -0.39 is 6.04 Å². The molecule has 306 valence electrons. The summed E-state index contributed by atoms with van der Waals surface area (Å²) in [5, 5.41) is 38.0. The van der Waals surface area contributed by atoms with Crippen molar-refractivity contribution in [2.24, 2.45) is 5.92 Å². The summed E-state index contributed by atoms with van der Waals surface area (Å²) in [6.45, 7) is 10.7. The monoisotopic (exact) mass is 782 g/mol. The van der Waals surface area contributed by atoms with Gasteiger partial charge in [0.1, 0.15) is 19.2 Å². The first-order valence-corrected chi connectivity index (χ1v) is 19.0. The van der Waals surface area contributed by atoms with E-state index in [-0.39, 0.29) is 44.1 Å². The largest absolute Gasteiger partial charge is 0.396 e. The molecule has 2 fully saturated rings. The third-order valence-corrected chi connectivity index (χ3v) is 9.21. The molecule has 5 heterocycles. The summed E-state index contributed by atoms with van der Waals surface area (Å²) < 4.78 is 19.5. The number of aromatic nitrogens is 9. The molecule has 3 N–H and O–H groups in total. The number of nitrogens with zero attached hydrogens (tertiary/aromatic N) is 13. The third kappa shape index (κ3) is 12.2. The summed E-state index contributed by atoms with van der Waals surface area (Å²) in [7, 11) is 0. The minimum Gasteiger partial charge on any atom is -0.396 e. The SMILES string of the molecule is C#CCOCCOCCOCCNc1nc(N2CCN(C(=O)Cn3cc(CCO)nn3)CC2)nc(N2CCN(C(=O)[C@@H](C(C)C)n3cc(CCO)nn3)CC2)n1. The number of carbonyl (C=O) groups excluding carboxylic acids is 2. The molecule has 0 unspecified atom stereocenters. The van der Waals surface area contributed by atoms with Gasteiger partial charge >= 0.3 is 0 Å². The van der Waals surface area contributed by atoms with Crippen LogP contribution in [0.2, 0.25) is 0 Å². The lowest BCUT2D eigenvalue weighted by Crippen LogP contribution is -2.52. The number of hydrogen-bond donors (Lipinski definition) is 3. The van der Waals surface area contributed by atoms with Gasteiger partial charge in [0.25, 0.3) is 0 Å². The van der Waals surface area contributed by atoms with Crippen LogP contribution in [0.3, 0.4) is 0 Å². The Labute approximate surface area is 326 Å². The highest BCUT2D eigenvalue weighted by Gasteiger charge is 2.33. The van der Waals surface area contributed by atoms with Gasteiger partial charge in [-0.1, -0.05) is 30.2 Å². The van der Waals surface area contributed by atoms with Crippen LogP contribution in [-0.2, 0) is 43.2 Å². The fourth-order valence-corrected chi connectivity index (χ4v) is 6.26. The minimum atomic E-state index is -0.520. The molecule has 3 aromatic heterocycles. The average molecular weight is 783 g/mol. The normalized spacial score (nSPS) is 15.4. The number of hydrogen-bond acceptors (Lipinski definition) is 17. The van der Waals surface area contributed by atoms with E-state index in [0.717, 1.165) is 0 Å². The number of amides is 2. The standard InChI is InChI=1S/C35H54N14O7/c1-4-18-54-20-22-56-23-21-55-19-7-36-33-37-34(46-12-8-44(9-13-46)30(52)26-48-24-28(5-16-50)40-42-48)39-35(38-33)47-14-10-45(11-15-47)32(53)31(27(2)3)49-25-29(6-17-51)41-43-49/h1,24-25,27,31,50-51H,5-23,26H2,2-3H3,(H,36,37,38,39)/t31-/m1/s1. The number of terminal acetylenes is 1. The first kappa shape index (κ1) is 42.1. The van der Waals surface area contributed by atoms with E-state index in [1.807, 2.05) is 28.5 Å². The van der Waals surface area contributed by atoms with Gasteiger partial charge in [0.2, 0.25) is 29.7 Å². The Kier molecular flexibility index (Phi) is 16.5. The molecule has 2 saturated heterocycles. The second kappa shape index (κ2) is 21.9. The summed E-state index contributed by atoms with van der Waals surface area (Å²) in [5.41, 5.74) is 1.27. The van der Waals surface area contributed by atoms with Gasteiger partial charge in [-0.05, 0) is 5.92 Å². The Bertz CT molecular complexity index is 1700. The van der Waals surface area contributed by atoms with Crippen LogP contribution < -0.4 is 15.1 Å². The molecule has 2 amide bonds. The van der Waals surface area contributed by atoms with Crippen molar-refractivity contribution in [3.8, 4) is 12.3 Å². The van der Waals surface area contributed by atoms with Gasteiger partial charge < -0.3 is 49.3 Å². The van der Waals surface area contributed by atoms with Crippen LogP contribution in [0.5, 0.6) is 0 Å². The Morgan fingerprint density at radius 2 is 1.36 bits per heavy atom. The van der Waals surface area contributed by atoms with Crippen LogP contribution in [0.1, 0.15) is 31.3 Å². The van der Waals surface area contributed by atoms with E-state index in [0.29, 0.717) is 134 Å². The van der Waals surface area contributed by atoms with Crippen molar-refractivity contribution in [1.29, 1.82) is 0 Å². The highest BCUT2D eigenvalue weighted by atomic mass is 16.5. The van der Waals surface area contributed by atoms with Crippen molar-refractivity contribution in [3.05, 3.63) is 23.8 Å². The number of rotatable bonds is 22. The van der Waals surface area contributed by atoms with Crippen LogP contribution in [0, 0.1) is 18.3 Å². The zero-order valence-corrected chi connectivity index (χ0v) is 32.3. The average Bonchev–Trinajstić information content (AvgIpc) is 3.86. The first-order chi connectivity index (χ1) is 27.3. The first-order valence-electron chi connectivity index (χ1n) is 19.0. The number of carbonyl (C=O) groups is 2. The maximum Gasteiger partial charge on any atom is 0.247 e. The molecule has 0 bridgehead atoms. The molecular formula is C35H54N14O7. The molecule has 3 aromatic rings. The predicted octanol–water partition coefficient (Wildman–Crippen LogP) is -1.89. The maximum atomic E-state index is 13.8. The lowest BCUT2D eigenvalue weighted by Gasteiger charge is -2.38. The Morgan fingerprint density at radius 1 is 0.786 bits per heavy atom. The Balaban J connectivity index is 1.19. The molecule has 1 atom stereocenters. The number of piperazine rings is 2. The summed E-state index contributed by atoms with van der Waals surface area (Å²) in [6.07, 6.45) is 9.34. The van der Waals surface area contributed by atoms with Gasteiger partial charge in [-0.15, -0.1) is 16.6 Å². The molecule has 0 radical (unpaired) electrons. The molecule has 0 saturated carbocycles. The molecule has 0 aromatic carbocycles. The van der Waals surface area contributed by atoms with E-state index in [2.05, 4.69) is 31.9 Å². The van der Waals surface area contributed by atoms with Crippen molar-refractivity contribution in [2.75, 3.05) is 127 Å². The van der Waals surface area contributed by atoms with Crippen LogP contribution in [0.4, 0.5) is 17.8 Å². The molecule has 0 aliphatic carbocycles. The topological polar surface area (TPSA) is 227 Å². The van der Waals surface area contributed by atoms with E-state index in [4.69, 9.17) is 40.7 Å². The van der Waals surface area contributed by atoms with E-state index >= 15 is 0 Å². The lowest BCUT2D eigenvalue weighted by atomic mass is 10.0. The Hall–Kier alpha value is -5.01. The number of ether oxygens (including phenoxy) is 3. The maximum absolute atomic E-state index is 13.8. The van der Waals surface area contributed by atoms with Gasteiger partial charge in [0.05, 0.1) is 44.4 Å².